The van der Waals surface area contributed by atoms with Crippen molar-refractivity contribution in [1.82, 2.24) is 5.32 Å². The summed E-state index contributed by atoms with van der Waals surface area (Å²) in [4.78, 5) is 0. The van der Waals surface area contributed by atoms with E-state index < -0.39 is 5.60 Å². The van der Waals surface area contributed by atoms with Crippen LogP contribution in [0.15, 0.2) is 0 Å². The van der Waals surface area contributed by atoms with Crippen molar-refractivity contribution < 1.29 is 9.84 Å². The molecular formula is C11H23NO2. The Bertz CT molecular complexity index is 169. The lowest BCUT2D eigenvalue weighted by Gasteiger charge is -2.34. The van der Waals surface area contributed by atoms with Crippen LogP contribution in [0.5, 0.6) is 0 Å². The number of hydrogen-bond donors (Lipinski definition) is 2. The van der Waals surface area contributed by atoms with Gasteiger partial charge in [-0.3, -0.25) is 0 Å². The van der Waals surface area contributed by atoms with E-state index in [9.17, 15) is 5.11 Å². The third-order valence-electron chi connectivity index (χ3n) is 3.05. The summed E-state index contributed by atoms with van der Waals surface area (Å²) in [6.07, 6.45) is 2.64. The fourth-order valence-electron chi connectivity index (χ4n) is 1.57. The van der Waals surface area contributed by atoms with Crippen molar-refractivity contribution in [2.75, 3.05) is 6.61 Å². The minimum Gasteiger partial charge on any atom is -0.389 e. The molecule has 0 aromatic heterocycles. The topological polar surface area (TPSA) is 41.5 Å². The molecule has 0 aliphatic carbocycles. The monoisotopic (exact) mass is 201 g/mol. The molecule has 2 N–H and O–H groups in total. The number of aliphatic hydroxyl groups is 1. The zero-order valence-corrected chi connectivity index (χ0v) is 9.71. The Kier molecular flexibility index (Phi) is 3.93. The van der Waals surface area contributed by atoms with Gasteiger partial charge in [0.25, 0.3) is 0 Å². The molecule has 0 spiro atoms. The van der Waals surface area contributed by atoms with Gasteiger partial charge < -0.3 is 15.2 Å². The van der Waals surface area contributed by atoms with Crippen LogP contribution < -0.4 is 5.32 Å². The highest BCUT2D eigenvalue weighted by Gasteiger charge is 2.26. The van der Waals surface area contributed by atoms with E-state index in [4.69, 9.17) is 4.74 Å². The van der Waals surface area contributed by atoms with Gasteiger partial charge in [-0.25, -0.2) is 0 Å². The van der Waals surface area contributed by atoms with Crippen LogP contribution in [0.1, 0.15) is 40.5 Å². The maximum atomic E-state index is 9.77. The first kappa shape index (κ1) is 12.0. The van der Waals surface area contributed by atoms with Gasteiger partial charge in [0, 0.05) is 12.1 Å². The Balaban J connectivity index is 2.31. The third kappa shape index (κ3) is 3.56. The Morgan fingerprint density at radius 2 is 2.07 bits per heavy atom. The highest BCUT2D eigenvalue weighted by Crippen LogP contribution is 2.15. The standard InChI is InChI=1S/C11H23NO2/c1-8-5-6-10(7-14-8)12-9(2)11(3,4)13/h8-10,12-13H,5-7H2,1-4H3. The van der Waals surface area contributed by atoms with Crippen LogP contribution in [0.3, 0.4) is 0 Å². The van der Waals surface area contributed by atoms with Crippen molar-refractivity contribution >= 4 is 0 Å². The SMILES string of the molecule is CC1CCC(NC(C)C(C)(C)O)CO1. The second-order valence-corrected chi connectivity index (χ2v) is 4.96. The summed E-state index contributed by atoms with van der Waals surface area (Å²) in [7, 11) is 0. The van der Waals surface area contributed by atoms with Crippen LogP contribution in [-0.4, -0.2) is 35.5 Å². The molecule has 0 amide bonds. The van der Waals surface area contributed by atoms with Gasteiger partial charge in [0.2, 0.25) is 0 Å². The highest BCUT2D eigenvalue weighted by atomic mass is 16.5. The van der Waals surface area contributed by atoms with Crippen LogP contribution in [-0.2, 0) is 4.74 Å². The Morgan fingerprint density at radius 3 is 2.50 bits per heavy atom. The van der Waals surface area contributed by atoms with Crippen LogP contribution in [0.2, 0.25) is 0 Å². The molecule has 3 heteroatoms. The van der Waals surface area contributed by atoms with Gasteiger partial charge in [-0.1, -0.05) is 0 Å². The van der Waals surface area contributed by atoms with Gasteiger partial charge in [0.05, 0.1) is 18.3 Å². The van der Waals surface area contributed by atoms with Gasteiger partial charge in [-0.15, -0.1) is 0 Å². The van der Waals surface area contributed by atoms with E-state index in [1.807, 2.05) is 20.8 Å². The van der Waals surface area contributed by atoms with Crippen molar-refractivity contribution in [2.45, 2.75) is 64.3 Å². The molecule has 3 nitrogen and oxygen atoms in total. The first-order chi connectivity index (χ1) is 6.39. The molecule has 1 aliphatic rings. The molecule has 0 bridgehead atoms. The molecule has 1 saturated heterocycles. The van der Waals surface area contributed by atoms with Gasteiger partial charge in [0.15, 0.2) is 0 Å². The molecule has 3 unspecified atom stereocenters. The minimum atomic E-state index is -0.664. The lowest BCUT2D eigenvalue weighted by atomic mass is 9.98. The molecule has 1 fully saturated rings. The fraction of sp³-hybridized carbons (Fsp3) is 1.00. The fourth-order valence-corrected chi connectivity index (χ4v) is 1.57. The van der Waals surface area contributed by atoms with Gasteiger partial charge in [-0.2, -0.15) is 0 Å². The lowest BCUT2D eigenvalue weighted by molar-refractivity contribution is -0.0110. The molecular weight excluding hydrogens is 178 g/mol. The predicted octanol–water partition coefficient (Wildman–Crippen LogP) is 1.30. The summed E-state index contributed by atoms with van der Waals surface area (Å²) in [5.74, 6) is 0. The molecule has 1 rings (SSSR count). The molecule has 0 aromatic rings. The van der Waals surface area contributed by atoms with Crippen molar-refractivity contribution in [3.05, 3.63) is 0 Å². The summed E-state index contributed by atoms with van der Waals surface area (Å²) in [6, 6.07) is 0.497. The molecule has 1 heterocycles. The van der Waals surface area contributed by atoms with E-state index >= 15 is 0 Å². The van der Waals surface area contributed by atoms with E-state index in [2.05, 4.69) is 12.2 Å². The smallest absolute Gasteiger partial charge is 0.0741 e. The molecule has 0 aromatic carbocycles. The van der Waals surface area contributed by atoms with Crippen molar-refractivity contribution in [3.8, 4) is 0 Å². The second kappa shape index (κ2) is 4.60. The first-order valence-corrected chi connectivity index (χ1v) is 5.49. The van der Waals surface area contributed by atoms with Crippen LogP contribution in [0.25, 0.3) is 0 Å². The quantitative estimate of drug-likeness (QED) is 0.723. The first-order valence-electron chi connectivity index (χ1n) is 5.49. The van der Waals surface area contributed by atoms with Crippen molar-refractivity contribution in [1.29, 1.82) is 0 Å². The summed E-state index contributed by atoms with van der Waals surface area (Å²) in [6.45, 7) is 8.54. The maximum Gasteiger partial charge on any atom is 0.0741 e. The number of hydrogen-bond acceptors (Lipinski definition) is 3. The molecule has 1 aliphatic heterocycles. The van der Waals surface area contributed by atoms with Gasteiger partial charge >= 0.3 is 0 Å². The number of rotatable bonds is 3. The number of ether oxygens (including phenoxy) is 1. The Labute approximate surface area is 86.8 Å². The summed E-state index contributed by atoms with van der Waals surface area (Å²) < 4.78 is 5.56. The zero-order valence-electron chi connectivity index (χ0n) is 9.71. The largest absolute Gasteiger partial charge is 0.389 e. The van der Waals surface area contributed by atoms with E-state index in [0.29, 0.717) is 12.1 Å². The average Bonchev–Trinajstić information content (AvgIpc) is 2.07. The molecule has 3 atom stereocenters. The van der Waals surface area contributed by atoms with Crippen molar-refractivity contribution in [2.24, 2.45) is 0 Å². The van der Waals surface area contributed by atoms with Gasteiger partial charge in [0.1, 0.15) is 0 Å². The second-order valence-electron chi connectivity index (χ2n) is 4.96. The molecule has 0 radical (unpaired) electrons. The third-order valence-corrected chi connectivity index (χ3v) is 3.05. The number of nitrogens with one attached hydrogen (secondary N) is 1. The average molecular weight is 201 g/mol. The van der Waals surface area contributed by atoms with Crippen LogP contribution >= 0.6 is 0 Å². The molecule has 14 heavy (non-hydrogen) atoms. The Hall–Kier alpha value is -0.120. The normalized spacial score (nSPS) is 31.5. The van der Waals surface area contributed by atoms with Crippen LogP contribution in [0, 0.1) is 0 Å². The van der Waals surface area contributed by atoms with E-state index in [1.54, 1.807) is 0 Å². The summed E-state index contributed by atoms with van der Waals surface area (Å²) in [5, 5.41) is 13.2. The minimum absolute atomic E-state index is 0.101. The Morgan fingerprint density at radius 1 is 1.43 bits per heavy atom. The van der Waals surface area contributed by atoms with E-state index in [1.165, 1.54) is 0 Å². The molecule has 84 valence electrons. The van der Waals surface area contributed by atoms with Crippen LogP contribution in [0.4, 0.5) is 0 Å². The summed E-state index contributed by atoms with van der Waals surface area (Å²) >= 11 is 0. The van der Waals surface area contributed by atoms with E-state index in [-0.39, 0.29) is 6.04 Å². The van der Waals surface area contributed by atoms with E-state index in [0.717, 1.165) is 19.4 Å². The van der Waals surface area contributed by atoms with Gasteiger partial charge in [-0.05, 0) is 40.5 Å². The highest BCUT2D eigenvalue weighted by molar-refractivity contribution is 4.84. The zero-order chi connectivity index (χ0) is 10.8. The maximum absolute atomic E-state index is 9.77. The summed E-state index contributed by atoms with van der Waals surface area (Å²) in [5.41, 5.74) is -0.664. The lowest BCUT2D eigenvalue weighted by Crippen LogP contribution is -2.51. The predicted molar refractivity (Wildman–Crippen MR) is 57.3 cm³/mol. The van der Waals surface area contributed by atoms with Crippen molar-refractivity contribution in [3.63, 3.8) is 0 Å². The molecule has 0 saturated carbocycles.